The van der Waals surface area contributed by atoms with E-state index in [1.165, 1.54) is 0 Å². The van der Waals surface area contributed by atoms with Crippen LogP contribution in [0.5, 0.6) is 0 Å². The van der Waals surface area contributed by atoms with Gasteiger partial charge in [0, 0.05) is 0 Å². The predicted octanol–water partition coefficient (Wildman–Crippen LogP) is 4.04. The van der Waals surface area contributed by atoms with E-state index < -0.39 is 22.6 Å². The zero-order valence-electron chi connectivity index (χ0n) is 14.9. The molecule has 0 rings (SSSR count). The molecule has 0 aromatic rings. The predicted molar refractivity (Wildman–Crippen MR) is 97.3 cm³/mol. The monoisotopic (exact) mass is 428 g/mol. The van der Waals surface area contributed by atoms with Crippen molar-refractivity contribution in [1.82, 2.24) is 0 Å². The molecule has 122 valence electrons. The van der Waals surface area contributed by atoms with E-state index >= 15 is 0 Å². The molecule has 6 heteroatoms. The summed E-state index contributed by atoms with van der Waals surface area (Å²) in [5.74, 6) is -0.754. The third kappa shape index (κ3) is 21.0. The average Bonchev–Trinajstić information content (AvgIpc) is 2.13. The first-order valence-electron chi connectivity index (χ1n) is 7.36. The fraction of sp³-hybridized carbons (Fsp3) is 0.929. The second-order valence-corrected chi connectivity index (χ2v) is 16.2. The maximum absolute atomic E-state index is 10.4. The van der Waals surface area contributed by atoms with Crippen LogP contribution < -0.4 is 0 Å². The minimum atomic E-state index is -1.23. The first kappa shape index (κ1) is 25.6. The van der Waals surface area contributed by atoms with Crippen LogP contribution in [0.1, 0.15) is 39.5 Å². The second kappa shape index (κ2) is 12.2. The molecular weight excluding hydrogens is 391 g/mol. The Morgan fingerprint density at radius 1 is 1.05 bits per heavy atom. The Morgan fingerprint density at radius 2 is 1.45 bits per heavy atom. The standard InChI is InChI=1S/C8H16O2.C6H18OSi2.Sn.2H/c1-3-5-6-7(4-2)8(9)10;1-8(2,3)7-9(4,5)6;;;/h7H,3-6H2,1-2H3,(H,9,10);1-6H3;;;. The molecule has 0 aliphatic rings. The molecule has 1 atom stereocenters. The van der Waals surface area contributed by atoms with Crippen LogP contribution in [0.25, 0.3) is 0 Å². The minimum absolute atomic E-state index is 0. The quantitative estimate of drug-likeness (QED) is 0.624. The van der Waals surface area contributed by atoms with E-state index in [0.717, 1.165) is 25.7 Å². The topological polar surface area (TPSA) is 46.5 Å². The summed E-state index contributed by atoms with van der Waals surface area (Å²) in [5.41, 5.74) is 0. The van der Waals surface area contributed by atoms with Gasteiger partial charge in [0.1, 0.15) is 0 Å². The van der Waals surface area contributed by atoms with Crippen LogP contribution in [0.15, 0.2) is 0 Å². The molecule has 3 nitrogen and oxygen atoms in total. The van der Waals surface area contributed by atoms with E-state index in [0.29, 0.717) is 0 Å². The number of carboxylic acids is 1. The summed E-state index contributed by atoms with van der Waals surface area (Å²) >= 11 is 0. The number of carbonyl (C=O) groups is 1. The Morgan fingerprint density at radius 3 is 1.60 bits per heavy atom. The van der Waals surface area contributed by atoms with Crippen LogP contribution in [0.2, 0.25) is 39.3 Å². The summed E-state index contributed by atoms with van der Waals surface area (Å²) in [5, 5.41) is 8.60. The summed E-state index contributed by atoms with van der Waals surface area (Å²) in [6, 6.07) is 0. The molecule has 0 spiro atoms. The van der Waals surface area contributed by atoms with Crippen LogP contribution >= 0.6 is 0 Å². The van der Waals surface area contributed by atoms with Crippen molar-refractivity contribution in [2.24, 2.45) is 5.92 Å². The van der Waals surface area contributed by atoms with Crippen molar-refractivity contribution >= 4 is 46.5 Å². The number of aliphatic carboxylic acids is 1. The van der Waals surface area contributed by atoms with Gasteiger partial charge in [0.2, 0.25) is 0 Å². The van der Waals surface area contributed by atoms with Crippen LogP contribution in [0.3, 0.4) is 0 Å². The van der Waals surface area contributed by atoms with Gasteiger partial charge in [-0.05, 0) is 52.1 Å². The third-order valence-electron chi connectivity index (χ3n) is 2.36. The number of carboxylic acid groups (broad SMARTS) is 1. The first-order valence-corrected chi connectivity index (χ1v) is 14.2. The summed E-state index contributed by atoms with van der Waals surface area (Å²) in [7, 11) is -2.46. The van der Waals surface area contributed by atoms with E-state index in [1.54, 1.807) is 0 Å². The van der Waals surface area contributed by atoms with Crippen molar-refractivity contribution in [2.45, 2.75) is 78.8 Å². The number of hydrogen-bond donors (Lipinski definition) is 1. The van der Waals surface area contributed by atoms with Gasteiger partial charge in [-0.2, -0.15) is 0 Å². The van der Waals surface area contributed by atoms with Crippen molar-refractivity contribution < 1.29 is 14.0 Å². The summed E-state index contributed by atoms with van der Waals surface area (Å²) in [4.78, 5) is 10.4. The van der Waals surface area contributed by atoms with Crippen LogP contribution in [-0.4, -0.2) is 51.6 Å². The molecule has 0 aromatic heterocycles. The SMILES string of the molecule is CCCCC(CC)C(=O)O.C[Si](C)(C)O[Si](C)(C)C.[SnH2]. The van der Waals surface area contributed by atoms with Gasteiger partial charge in [0.25, 0.3) is 0 Å². The molecule has 0 aliphatic heterocycles. The molecule has 0 bridgehead atoms. The summed E-state index contributed by atoms with van der Waals surface area (Å²) < 4.78 is 5.90. The number of rotatable bonds is 7. The fourth-order valence-electron chi connectivity index (χ4n) is 1.87. The van der Waals surface area contributed by atoms with Gasteiger partial charge in [-0.25, -0.2) is 0 Å². The summed E-state index contributed by atoms with van der Waals surface area (Å²) in [6.45, 7) is 17.5. The van der Waals surface area contributed by atoms with Crippen molar-refractivity contribution in [3.05, 3.63) is 0 Å². The molecule has 0 aliphatic carbocycles. The average molecular weight is 427 g/mol. The molecule has 0 fully saturated rings. The maximum atomic E-state index is 10.4. The zero-order chi connectivity index (χ0) is 15.7. The van der Waals surface area contributed by atoms with Crippen LogP contribution in [0, 0.1) is 5.92 Å². The number of hydrogen-bond acceptors (Lipinski definition) is 2. The van der Waals surface area contributed by atoms with Crippen molar-refractivity contribution in [1.29, 1.82) is 0 Å². The molecule has 20 heavy (non-hydrogen) atoms. The fourth-order valence-corrected chi connectivity index (χ4v) is 9.22. The van der Waals surface area contributed by atoms with Gasteiger partial charge < -0.3 is 9.22 Å². The molecule has 0 heterocycles. The van der Waals surface area contributed by atoms with E-state index in [9.17, 15) is 4.79 Å². The normalized spacial score (nSPS) is 12.8. The molecular formula is C14H36O3Si2Sn. The van der Waals surface area contributed by atoms with E-state index in [-0.39, 0.29) is 29.8 Å². The van der Waals surface area contributed by atoms with Gasteiger partial charge >= 0.3 is 29.9 Å². The van der Waals surface area contributed by atoms with Gasteiger partial charge in [-0.1, -0.05) is 26.7 Å². The Bertz CT molecular complexity index is 236. The molecule has 1 N–H and O–H groups in total. The van der Waals surface area contributed by atoms with Crippen molar-refractivity contribution in [3.63, 3.8) is 0 Å². The van der Waals surface area contributed by atoms with Crippen molar-refractivity contribution in [2.75, 3.05) is 0 Å². The van der Waals surface area contributed by atoms with Gasteiger partial charge in [-0.15, -0.1) is 0 Å². The molecule has 2 radical (unpaired) electrons. The Balaban J connectivity index is -0.000000277. The first-order chi connectivity index (χ1) is 8.43. The Hall–Kier alpha value is 0.662. The number of unbranched alkanes of at least 4 members (excludes halogenated alkanes) is 1. The third-order valence-corrected chi connectivity index (χ3v) is 7.26. The summed E-state index contributed by atoms with van der Waals surface area (Å²) in [6.07, 6.45) is 3.71. The van der Waals surface area contributed by atoms with Crippen molar-refractivity contribution in [3.8, 4) is 0 Å². The van der Waals surface area contributed by atoms with Gasteiger partial charge in [-0.3, -0.25) is 4.79 Å². The van der Waals surface area contributed by atoms with Crippen LogP contribution in [0.4, 0.5) is 0 Å². The second-order valence-electron chi connectivity index (χ2n) is 6.91. The van der Waals surface area contributed by atoms with E-state index in [4.69, 9.17) is 9.22 Å². The van der Waals surface area contributed by atoms with Gasteiger partial charge in [0.15, 0.2) is 16.6 Å². The molecule has 0 saturated carbocycles. The van der Waals surface area contributed by atoms with Crippen LogP contribution in [-0.2, 0) is 8.91 Å². The molecule has 0 amide bonds. The molecule has 0 saturated heterocycles. The Kier molecular flexibility index (Phi) is 15.7. The Labute approximate surface area is 145 Å². The molecule has 1 unspecified atom stereocenters. The van der Waals surface area contributed by atoms with E-state index in [1.807, 2.05) is 6.92 Å². The zero-order valence-corrected chi connectivity index (χ0v) is 20.9. The molecule has 0 aromatic carbocycles. The van der Waals surface area contributed by atoms with Gasteiger partial charge in [0.05, 0.1) is 5.92 Å². The van der Waals surface area contributed by atoms with E-state index in [2.05, 4.69) is 46.2 Å².